The summed E-state index contributed by atoms with van der Waals surface area (Å²) < 4.78 is 2.54. The molecule has 0 spiro atoms. The van der Waals surface area contributed by atoms with E-state index < -0.39 is 5.97 Å². The number of carbonyl (C=O) groups is 1. The fourth-order valence-corrected chi connectivity index (χ4v) is 2.49. The van der Waals surface area contributed by atoms with Gasteiger partial charge in [-0.05, 0) is 35.4 Å². The summed E-state index contributed by atoms with van der Waals surface area (Å²) in [7, 11) is 0. The molecule has 0 aliphatic heterocycles. The quantitative estimate of drug-likeness (QED) is 0.853. The van der Waals surface area contributed by atoms with Crippen LogP contribution in [-0.2, 0) is 0 Å². The van der Waals surface area contributed by atoms with Crippen molar-refractivity contribution in [3.8, 4) is 0 Å². The zero-order valence-electron chi connectivity index (χ0n) is 7.61. The van der Waals surface area contributed by atoms with Crippen molar-refractivity contribution in [3.05, 3.63) is 15.5 Å². The fourth-order valence-electron chi connectivity index (χ4n) is 1.87. The molecule has 1 aliphatic rings. The highest BCUT2D eigenvalue weighted by molar-refractivity contribution is 14.1. The minimum Gasteiger partial charge on any atom is -0.476 e. The molecule has 1 aliphatic carbocycles. The first-order valence-corrected chi connectivity index (χ1v) is 5.74. The Hall–Kier alpha value is -0.590. The molecule has 14 heavy (non-hydrogen) atoms. The van der Waals surface area contributed by atoms with Crippen LogP contribution in [0.4, 0.5) is 0 Å². The number of rotatable bonds is 2. The Morgan fingerprint density at radius 3 is 2.71 bits per heavy atom. The van der Waals surface area contributed by atoms with Crippen LogP contribution in [0.15, 0.2) is 6.20 Å². The van der Waals surface area contributed by atoms with Crippen molar-refractivity contribution in [3.63, 3.8) is 0 Å². The van der Waals surface area contributed by atoms with E-state index in [-0.39, 0.29) is 5.69 Å². The van der Waals surface area contributed by atoms with Gasteiger partial charge in [0.1, 0.15) is 0 Å². The van der Waals surface area contributed by atoms with Gasteiger partial charge in [-0.15, -0.1) is 0 Å². The van der Waals surface area contributed by atoms with Crippen LogP contribution >= 0.6 is 22.6 Å². The number of carboxylic acid groups (broad SMARTS) is 1. The van der Waals surface area contributed by atoms with Crippen LogP contribution in [-0.4, -0.2) is 20.9 Å². The predicted octanol–water partition coefficient (Wildman–Crippen LogP) is 2.30. The number of aromatic carboxylic acids is 1. The van der Waals surface area contributed by atoms with Crippen LogP contribution in [0, 0.1) is 3.57 Å². The van der Waals surface area contributed by atoms with Gasteiger partial charge in [-0.25, -0.2) is 4.79 Å². The van der Waals surface area contributed by atoms with E-state index >= 15 is 0 Å². The maximum atomic E-state index is 10.8. The summed E-state index contributed by atoms with van der Waals surface area (Å²) in [5.41, 5.74) is 0.178. The van der Waals surface area contributed by atoms with E-state index in [1.54, 1.807) is 0 Å². The Morgan fingerprint density at radius 2 is 2.21 bits per heavy atom. The Balaban J connectivity index is 2.27. The van der Waals surface area contributed by atoms with Gasteiger partial charge >= 0.3 is 5.97 Å². The van der Waals surface area contributed by atoms with E-state index in [4.69, 9.17) is 5.11 Å². The first kappa shape index (κ1) is 9.95. The summed E-state index contributed by atoms with van der Waals surface area (Å²) in [6.45, 7) is 0. The summed E-state index contributed by atoms with van der Waals surface area (Å²) in [4.78, 5) is 10.8. The third kappa shape index (κ3) is 1.77. The third-order valence-electron chi connectivity index (χ3n) is 2.59. The van der Waals surface area contributed by atoms with Gasteiger partial charge in [-0.1, -0.05) is 12.8 Å². The maximum Gasteiger partial charge on any atom is 0.357 e. The average molecular weight is 306 g/mol. The maximum absolute atomic E-state index is 10.8. The topological polar surface area (TPSA) is 55.1 Å². The molecule has 0 aromatic carbocycles. The van der Waals surface area contributed by atoms with Gasteiger partial charge in [0.2, 0.25) is 0 Å². The molecule has 1 aromatic rings. The molecular weight excluding hydrogens is 295 g/mol. The standard InChI is InChI=1S/C9H11IN2O2/c10-7-5-12(6-3-1-2-4-6)11-8(7)9(13)14/h5-6H,1-4H2,(H,13,14). The number of halogens is 1. The van der Waals surface area contributed by atoms with Crippen LogP contribution in [0.25, 0.3) is 0 Å². The lowest BCUT2D eigenvalue weighted by Crippen LogP contribution is -2.07. The molecule has 0 unspecified atom stereocenters. The average Bonchev–Trinajstić information content (AvgIpc) is 2.70. The van der Waals surface area contributed by atoms with Gasteiger partial charge in [0.25, 0.3) is 0 Å². The van der Waals surface area contributed by atoms with Gasteiger partial charge in [0.15, 0.2) is 5.69 Å². The second-order valence-electron chi connectivity index (χ2n) is 3.55. The molecule has 1 N–H and O–H groups in total. The summed E-state index contributed by atoms with van der Waals surface area (Å²) in [5.74, 6) is -0.939. The van der Waals surface area contributed by atoms with Crippen molar-refractivity contribution in [2.75, 3.05) is 0 Å². The molecule has 76 valence electrons. The van der Waals surface area contributed by atoms with Crippen molar-refractivity contribution in [2.24, 2.45) is 0 Å². The van der Waals surface area contributed by atoms with Crippen molar-refractivity contribution >= 4 is 28.6 Å². The summed E-state index contributed by atoms with van der Waals surface area (Å²) >= 11 is 2.02. The Bertz CT molecular complexity index is 356. The van der Waals surface area contributed by atoms with Crippen molar-refractivity contribution < 1.29 is 9.90 Å². The highest BCUT2D eigenvalue weighted by Gasteiger charge is 2.21. The highest BCUT2D eigenvalue weighted by atomic mass is 127. The zero-order chi connectivity index (χ0) is 10.1. The number of nitrogens with zero attached hydrogens (tertiary/aromatic N) is 2. The van der Waals surface area contributed by atoms with Gasteiger partial charge in [-0.2, -0.15) is 5.10 Å². The van der Waals surface area contributed by atoms with Crippen molar-refractivity contribution in [1.82, 2.24) is 9.78 Å². The van der Waals surface area contributed by atoms with Gasteiger partial charge in [0, 0.05) is 6.20 Å². The zero-order valence-corrected chi connectivity index (χ0v) is 9.77. The highest BCUT2D eigenvalue weighted by Crippen LogP contribution is 2.29. The van der Waals surface area contributed by atoms with Crippen molar-refractivity contribution in [1.29, 1.82) is 0 Å². The molecule has 2 rings (SSSR count). The molecule has 4 nitrogen and oxygen atoms in total. The van der Waals surface area contributed by atoms with Crippen LogP contribution in [0.2, 0.25) is 0 Å². The second kappa shape index (κ2) is 3.88. The first-order chi connectivity index (χ1) is 6.68. The Kier molecular flexibility index (Phi) is 2.76. The lowest BCUT2D eigenvalue weighted by molar-refractivity contribution is 0.0688. The molecule has 0 bridgehead atoms. The normalized spacial score (nSPS) is 17.5. The lowest BCUT2D eigenvalue weighted by atomic mass is 10.3. The van der Waals surface area contributed by atoms with E-state index in [2.05, 4.69) is 5.10 Å². The van der Waals surface area contributed by atoms with Gasteiger partial charge in [0.05, 0.1) is 9.61 Å². The third-order valence-corrected chi connectivity index (χ3v) is 3.38. The molecule has 0 radical (unpaired) electrons. The summed E-state index contributed by atoms with van der Waals surface area (Å²) in [5, 5.41) is 12.9. The molecule has 1 aromatic heterocycles. The molecule has 1 saturated carbocycles. The van der Waals surface area contributed by atoms with Gasteiger partial charge in [-0.3, -0.25) is 4.68 Å². The van der Waals surface area contributed by atoms with Crippen LogP contribution in [0.1, 0.15) is 42.2 Å². The van der Waals surface area contributed by atoms with Crippen LogP contribution < -0.4 is 0 Å². The minimum atomic E-state index is -0.939. The van der Waals surface area contributed by atoms with Crippen LogP contribution in [0.5, 0.6) is 0 Å². The lowest BCUT2D eigenvalue weighted by Gasteiger charge is -2.08. The molecular formula is C9H11IN2O2. The number of aromatic nitrogens is 2. The molecule has 0 amide bonds. The first-order valence-electron chi connectivity index (χ1n) is 4.66. The molecule has 1 heterocycles. The molecule has 5 heteroatoms. The largest absolute Gasteiger partial charge is 0.476 e. The van der Waals surface area contributed by atoms with E-state index in [1.165, 1.54) is 12.8 Å². The second-order valence-corrected chi connectivity index (χ2v) is 4.71. The van der Waals surface area contributed by atoms with E-state index in [9.17, 15) is 4.79 Å². The summed E-state index contributed by atoms with van der Waals surface area (Å²) in [6, 6.07) is 0.414. The van der Waals surface area contributed by atoms with Gasteiger partial charge < -0.3 is 5.11 Å². The van der Waals surface area contributed by atoms with E-state index in [1.807, 2.05) is 33.5 Å². The predicted molar refractivity (Wildman–Crippen MR) is 59.4 cm³/mol. The molecule has 0 atom stereocenters. The monoisotopic (exact) mass is 306 g/mol. The fraction of sp³-hybridized carbons (Fsp3) is 0.556. The van der Waals surface area contributed by atoms with E-state index in [0.29, 0.717) is 6.04 Å². The minimum absolute atomic E-state index is 0.178. The molecule has 1 fully saturated rings. The molecule has 0 saturated heterocycles. The number of carboxylic acids is 1. The van der Waals surface area contributed by atoms with Crippen LogP contribution in [0.3, 0.4) is 0 Å². The van der Waals surface area contributed by atoms with Crippen molar-refractivity contribution in [2.45, 2.75) is 31.7 Å². The number of hydrogen-bond acceptors (Lipinski definition) is 2. The van der Waals surface area contributed by atoms with E-state index in [0.717, 1.165) is 16.4 Å². The number of hydrogen-bond donors (Lipinski definition) is 1. The smallest absolute Gasteiger partial charge is 0.357 e. The Labute approximate surface area is 95.4 Å². The SMILES string of the molecule is O=C(O)c1nn(C2CCCC2)cc1I. The summed E-state index contributed by atoms with van der Waals surface area (Å²) in [6.07, 6.45) is 6.53. The Morgan fingerprint density at radius 1 is 1.57 bits per heavy atom.